The summed E-state index contributed by atoms with van der Waals surface area (Å²) >= 11 is 0. The average Bonchev–Trinajstić information content (AvgIpc) is 3.14. The van der Waals surface area contributed by atoms with Gasteiger partial charge in [0.25, 0.3) is 0 Å². The highest BCUT2D eigenvalue weighted by Crippen LogP contribution is 2.44. The van der Waals surface area contributed by atoms with Crippen LogP contribution in [0.5, 0.6) is 0 Å². The van der Waals surface area contributed by atoms with Crippen molar-refractivity contribution >= 4 is 18.0 Å². The maximum atomic E-state index is 13.1. The van der Waals surface area contributed by atoms with Gasteiger partial charge in [0.2, 0.25) is 5.91 Å². The lowest BCUT2D eigenvalue weighted by Gasteiger charge is -2.35. The molecule has 2 aromatic rings. The largest absolute Gasteiger partial charge is 0.481 e. The van der Waals surface area contributed by atoms with Gasteiger partial charge in [0, 0.05) is 19.0 Å². The average molecular weight is 467 g/mol. The van der Waals surface area contributed by atoms with Crippen LogP contribution in [0.1, 0.15) is 37.3 Å². The van der Waals surface area contributed by atoms with Crippen LogP contribution in [0.3, 0.4) is 0 Å². The summed E-state index contributed by atoms with van der Waals surface area (Å²) in [6.45, 7) is 4.66. The number of carbonyl (C=O) groups excluding carboxylic acids is 2. The second-order valence-corrected chi connectivity index (χ2v) is 9.07. The second-order valence-electron chi connectivity index (χ2n) is 9.07. The quantitative estimate of drug-likeness (QED) is 0.649. The fourth-order valence-electron chi connectivity index (χ4n) is 4.72. The van der Waals surface area contributed by atoms with Crippen molar-refractivity contribution in [2.45, 2.75) is 38.3 Å². The molecule has 0 aromatic heterocycles. The van der Waals surface area contributed by atoms with E-state index in [1.54, 1.807) is 4.90 Å². The Balaban J connectivity index is 1.39. The van der Waals surface area contributed by atoms with E-state index in [4.69, 9.17) is 14.6 Å². The number of carboxylic acid groups (broad SMARTS) is 1. The molecule has 180 valence electrons. The first-order valence-electron chi connectivity index (χ1n) is 11.6. The molecule has 2 aliphatic rings. The van der Waals surface area contributed by atoms with E-state index in [0.29, 0.717) is 6.54 Å². The zero-order valence-corrected chi connectivity index (χ0v) is 19.4. The topological polar surface area (TPSA) is 105 Å². The van der Waals surface area contributed by atoms with Gasteiger partial charge in [0.05, 0.1) is 19.1 Å². The molecule has 0 saturated carbocycles. The molecule has 8 nitrogen and oxygen atoms in total. The predicted octanol–water partition coefficient (Wildman–Crippen LogP) is 3.25. The maximum absolute atomic E-state index is 13.1. The third-order valence-electron chi connectivity index (χ3n) is 6.40. The van der Waals surface area contributed by atoms with Crippen molar-refractivity contribution in [3.8, 4) is 11.1 Å². The Hall–Kier alpha value is -3.39. The number of nitrogens with zero attached hydrogens (tertiary/aromatic N) is 1. The fraction of sp³-hybridized carbons (Fsp3) is 0.423. The van der Waals surface area contributed by atoms with E-state index in [0.717, 1.165) is 22.3 Å². The number of fused-ring (bicyclic) bond motifs is 3. The van der Waals surface area contributed by atoms with Crippen LogP contribution >= 0.6 is 0 Å². The number of rotatable bonds is 7. The normalized spacial score (nSPS) is 18.2. The molecule has 0 bridgehead atoms. The molecular formula is C26H30N2O6. The Kier molecular flexibility index (Phi) is 7.17. The van der Waals surface area contributed by atoms with Gasteiger partial charge in [-0.1, -0.05) is 62.4 Å². The Morgan fingerprint density at radius 3 is 2.29 bits per heavy atom. The number of amides is 2. The van der Waals surface area contributed by atoms with Crippen LogP contribution in [0, 0.1) is 5.92 Å². The summed E-state index contributed by atoms with van der Waals surface area (Å²) in [5.74, 6) is -1.48. The van der Waals surface area contributed by atoms with E-state index in [9.17, 15) is 14.4 Å². The third-order valence-corrected chi connectivity index (χ3v) is 6.40. The number of benzene rings is 2. The van der Waals surface area contributed by atoms with Gasteiger partial charge >= 0.3 is 12.1 Å². The molecule has 0 spiro atoms. The summed E-state index contributed by atoms with van der Waals surface area (Å²) in [4.78, 5) is 38.4. The van der Waals surface area contributed by atoms with Crippen molar-refractivity contribution < 1.29 is 29.0 Å². The molecule has 2 amide bonds. The number of aliphatic carboxylic acids is 1. The molecule has 34 heavy (non-hydrogen) atoms. The highest BCUT2D eigenvalue weighted by Gasteiger charge is 2.34. The highest BCUT2D eigenvalue weighted by molar-refractivity contribution is 5.86. The molecular weight excluding hydrogens is 436 g/mol. The predicted molar refractivity (Wildman–Crippen MR) is 125 cm³/mol. The van der Waals surface area contributed by atoms with Crippen molar-refractivity contribution in [3.05, 3.63) is 59.7 Å². The number of hydrogen-bond donors (Lipinski definition) is 2. The van der Waals surface area contributed by atoms with E-state index >= 15 is 0 Å². The SMILES string of the molecule is CC(C)[C@H](NC(=O)OCC1c2ccccc2-c2ccccc21)C(=O)N1CCOC(CC(=O)O)C1. The molecule has 1 aliphatic heterocycles. The fourth-order valence-corrected chi connectivity index (χ4v) is 4.72. The van der Waals surface area contributed by atoms with E-state index in [2.05, 4.69) is 17.4 Å². The number of nitrogens with one attached hydrogen (secondary N) is 1. The van der Waals surface area contributed by atoms with Crippen molar-refractivity contribution in [1.82, 2.24) is 10.2 Å². The number of carbonyl (C=O) groups is 3. The first kappa shape index (κ1) is 23.8. The minimum atomic E-state index is -0.975. The van der Waals surface area contributed by atoms with Crippen molar-refractivity contribution in [3.63, 3.8) is 0 Å². The first-order chi connectivity index (χ1) is 16.3. The molecule has 1 fully saturated rings. The molecule has 2 atom stereocenters. The molecule has 1 unspecified atom stereocenters. The lowest BCUT2D eigenvalue weighted by atomic mass is 9.98. The summed E-state index contributed by atoms with van der Waals surface area (Å²) in [6, 6.07) is 15.4. The van der Waals surface area contributed by atoms with E-state index in [1.807, 2.05) is 50.2 Å². The number of ether oxygens (including phenoxy) is 2. The van der Waals surface area contributed by atoms with Gasteiger partial charge in [0.15, 0.2) is 0 Å². The van der Waals surface area contributed by atoms with Gasteiger partial charge in [0.1, 0.15) is 12.6 Å². The van der Waals surface area contributed by atoms with Crippen molar-refractivity contribution in [2.75, 3.05) is 26.3 Å². The Morgan fingerprint density at radius 1 is 1.09 bits per heavy atom. The summed E-state index contributed by atoms with van der Waals surface area (Å²) < 4.78 is 11.1. The van der Waals surface area contributed by atoms with Crippen LogP contribution in [0.25, 0.3) is 11.1 Å². The van der Waals surface area contributed by atoms with Crippen LogP contribution in [-0.2, 0) is 19.1 Å². The Labute approximate surface area is 198 Å². The molecule has 1 aliphatic carbocycles. The van der Waals surface area contributed by atoms with Crippen LogP contribution < -0.4 is 5.32 Å². The summed E-state index contributed by atoms with van der Waals surface area (Å²) in [7, 11) is 0. The smallest absolute Gasteiger partial charge is 0.407 e. The minimum absolute atomic E-state index is 0.0672. The van der Waals surface area contributed by atoms with Gasteiger partial charge in [-0.2, -0.15) is 0 Å². The standard InChI is InChI=1S/C26H30N2O6/c1-16(2)24(25(31)28-11-12-33-17(14-28)13-23(29)30)27-26(32)34-15-22-20-9-5-3-7-18(20)19-8-4-6-10-21(19)22/h3-10,16-17,22,24H,11-15H2,1-2H3,(H,27,32)(H,29,30)/t17?,24-/m0/s1. The zero-order valence-electron chi connectivity index (χ0n) is 19.4. The Morgan fingerprint density at radius 2 is 1.71 bits per heavy atom. The van der Waals surface area contributed by atoms with Gasteiger partial charge in [-0.25, -0.2) is 4.79 Å². The Bertz CT molecular complexity index is 1020. The lowest BCUT2D eigenvalue weighted by Crippen LogP contribution is -2.55. The molecule has 1 saturated heterocycles. The van der Waals surface area contributed by atoms with Gasteiger partial charge in [-0.15, -0.1) is 0 Å². The summed E-state index contributed by atoms with van der Waals surface area (Å²) in [5.41, 5.74) is 4.52. The van der Waals surface area contributed by atoms with E-state index in [1.165, 1.54) is 0 Å². The van der Waals surface area contributed by atoms with Gasteiger partial charge < -0.3 is 24.8 Å². The van der Waals surface area contributed by atoms with Crippen molar-refractivity contribution in [2.24, 2.45) is 5.92 Å². The molecule has 0 radical (unpaired) electrons. The second kappa shape index (κ2) is 10.3. The van der Waals surface area contributed by atoms with Gasteiger partial charge in [-0.05, 0) is 28.2 Å². The molecule has 1 heterocycles. The summed E-state index contributed by atoms with van der Waals surface area (Å²) in [5, 5.41) is 11.8. The van der Waals surface area contributed by atoms with Crippen LogP contribution in [0.4, 0.5) is 4.79 Å². The molecule has 8 heteroatoms. The number of hydrogen-bond acceptors (Lipinski definition) is 5. The summed E-state index contributed by atoms with van der Waals surface area (Å²) in [6.07, 6.45) is -1.38. The lowest BCUT2D eigenvalue weighted by molar-refractivity contribution is -0.149. The van der Waals surface area contributed by atoms with E-state index in [-0.39, 0.29) is 43.9 Å². The van der Waals surface area contributed by atoms with Crippen LogP contribution in [0.15, 0.2) is 48.5 Å². The number of morpholine rings is 1. The maximum Gasteiger partial charge on any atom is 0.407 e. The van der Waals surface area contributed by atoms with Gasteiger partial charge in [-0.3, -0.25) is 9.59 Å². The minimum Gasteiger partial charge on any atom is -0.481 e. The zero-order chi connectivity index (χ0) is 24.2. The molecule has 2 N–H and O–H groups in total. The van der Waals surface area contributed by atoms with Crippen molar-refractivity contribution in [1.29, 1.82) is 0 Å². The van der Waals surface area contributed by atoms with Crippen LogP contribution in [-0.4, -0.2) is 66.4 Å². The monoisotopic (exact) mass is 466 g/mol. The van der Waals surface area contributed by atoms with E-state index < -0.39 is 24.2 Å². The molecule has 2 aromatic carbocycles. The highest BCUT2D eigenvalue weighted by atomic mass is 16.5. The third kappa shape index (κ3) is 5.07. The number of carboxylic acids is 1. The molecule has 4 rings (SSSR count). The number of alkyl carbamates (subject to hydrolysis) is 1. The van der Waals surface area contributed by atoms with Crippen LogP contribution in [0.2, 0.25) is 0 Å². The first-order valence-corrected chi connectivity index (χ1v) is 11.6.